The van der Waals surface area contributed by atoms with E-state index in [4.69, 9.17) is 0 Å². The third-order valence-corrected chi connectivity index (χ3v) is 2.82. The number of hydrogen-bond acceptors (Lipinski definition) is 0. The molecule has 0 spiro atoms. The summed E-state index contributed by atoms with van der Waals surface area (Å²) < 4.78 is 0. The fourth-order valence-electron chi connectivity index (χ4n) is 2.01. The van der Waals surface area contributed by atoms with Crippen LogP contribution in [-0.2, 0) is 19.3 Å². The van der Waals surface area contributed by atoms with Gasteiger partial charge in [0, 0.05) is 0 Å². The van der Waals surface area contributed by atoms with Crippen LogP contribution in [0.1, 0.15) is 64.2 Å². The molecule has 0 unspecified atom stereocenters. The second-order valence-corrected chi connectivity index (χ2v) is 3.66. The van der Waals surface area contributed by atoms with Gasteiger partial charge in [-0.25, -0.2) is 0 Å². The lowest BCUT2D eigenvalue weighted by atomic mass is 9.90. The van der Waals surface area contributed by atoms with E-state index in [-0.39, 0.29) is 0 Å². The van der Waals surface area contributed by atoms with Crippen molar-refractivity contribution in [2.24, 2.45) is 0 Å². The average molecular weight is 220 g/mol. The minimum Gasteiger partial charge on any atom is -0.0683 e. The molecule has 1 aromatic carbocycles. The van der Waals surface area contributed by atoms with Crippen molar-refractivity contribution >= 4 is 0 Å². The molecule has 0 saturated heterocycles. The number of aryl methyl sites for hydroxylation is 3. The summed E-state index contributed by atoms with van der Waals surface area (Å²) in [6.07, 6.45) is 6.56. The largest absolute Gasteiger partial charge is 0.0683 e. The van der Waals surface area contributed by atoms with Gasteiger partial charge >= 0.3 is 0 Å². The number of hydrogen-bond donors (Lipinski definition) is 0. The summed E-state index contributed by atoms with van der Waals surface area (Å²) in [7, 11) is 0. The van der Waals surface area contributed by atoms with Gasteiger partial charge in [0.15, 0.2) is 0 Å². The highest BCUT2D eigenvalue weighted by Gasteiger charge is 2.08. The Morgan fingerprint density at radius 3 is 2.00 bits per heavy atom. The molecule has 0 N–H and O–H groups in total. The molecule has 16 heavy (non-hydrogen) atoms. The molecular weight excluding hydrogens is 192 g/mol. The first-order valence-electron chi connectivity index (χ1n) is 7.01. The normalized spacial score (nSPS) is 12.6. The van der Waals surface area contributed by atoms with Gasteiger partial charge in [-0.3, -0.25) is 0 Å². The molecule has 2 rings (SSSR count). The molecule has 0 fully saturated rings. The highest BCUT2D eigenvalue weighted by Crippen LogP contribution is 2.22. The van der Waals surface area contributed by atoms with Gasteiger partial charge in [-0.1, -0.05) is 52.8 Å². The van der Waals surface area contributed by atoms with Crippen LogP contribution in [0, 0.1) is 0 Å². The summed E-state index contributed by atoms with van der Waals surface area (Å²) in [5, 5.41) is 0. The van der Waals surface area contributed by atoms with Gasteiger partial charge < -0.3 is 0 Å². The molecule has 92 valence electrons. The zero-order valence-corrected chi connectivity index (χ0v) is 11.8. The van der Waals surface area contributed by atoms with Crippen LogP contribution >= 0.6 is 0 Å². The molecule has 0 atom stereocenters. The van der Waals surface area contributed by atoms with Crippen molar-refractivity contribution in [3.05, 3.63) is 34.9 Å². The van der Waals surface area contributed by atoms with Crippen molar-refractivity contribution < 1.29 is 0 Å². The highest BCUT2D eigenvalue weighted by atomic mass is 14.1. The number of benzene rings is 1. The lowest BCUT2D eigenvalue weighted by molar-refractivity contribution is 0.684. The lowest BCUT2D eigenvalue weighted by Crippen LogP contribution is -2.02. The molecule has 0 aliphatic heterocycles. The fourth-order valence-corrected chi connectivity index (χ4v) is 2.01. The lowest BCUT2D eigenvalue weighted by Gasteiger charge is -2.15. The predicted octanol–water partition coefficient (Wildman–Crippen LogP) is 5.18. The van der Waals surface area contributed by atoms with Crippen LogP contribution in [0.3, 0.4) is 0 Å². The van der Waals surface area contributed by atoms with E-state index >= 15 is 0 Å². The Morgan fingerprint density at radius 1 is 0.875 bits per heavy atom. The zero-order valence-electron chi connectivity index (χ0n) is 11.8. The van der Waals surface area contributed by atoms with Gasteiger partial charge in [-0.15, -0.1) is 0 Å². The van der Waals surface area contributed by atoms with Crippen LogP contribution in [-0.4, -0.2) is 0 Å². The fraction of sp³-hybridized carbons (Fsp3) is 0.625. The maximum atomic E-state index is 2.40. The third-order valence-electron chi connectivity index (χ3n) is 2.82. The second kappa shape index (κ2) is 9.45. The van der Waals surface area contributed by atoms with Crippen LogP contribution in [0.25, 0.3) is 0 Å². The van der Waals surface area contributed by atoms with Gasteiger partial charge in [0.1, 0.15) is 0 Å². The Morgan fingerprint density at radius 2 is 1.44 bits per heavy atom. The van der Waals surface area contributed by atoms with E-state index in [0.717, 1.165) is 0 Å². The van der Waals surface area contributed by atoms with Crippen molar-refractivity contribution in [2.45, 2.75) is 66.7 Å². The van der Waals surface area contributed by atoms with E-state index in [1.54, 1.807) is 11.1 Å². The Labute approximate surface area is 102 Å². The van der Waals surface area contributed by atoms with E-state index < -0.39 is 0 Å². The Bertz CT molecular complexity index is 273. The van der Waals surface area contributed by atoms with Gasteiger partial charge in [0.05, 0.1) is 0 Å². The first-order chi connectivity index (χ1) is 7.90. The van der Waals surface area contributed by atoms with E-state index in [2.05, 4.69) is 25.1 Å². The topological polar surface area (TPSA) is 0 Å². The molecule has 0 amide bonds. The Balaban J connectivity index is 0.000000509. The molecule has 1 aromatic rings. The maximum absolute atomic E-state index is 2.40. The van der Waals surface area contributed by atoms with Crippen LogP contribution in [0.4, 0.5) is 0 Å². The van der Waals surface area contributed by atoms with Gasteiger partial charge in [0.25, 0.3) is 0 Å². The summed E-state index contributed by atoms with van der Waals surface area (Å²) in [5.74, 6) is 0. The smallest absolute Gasteiger partial charge is 0.0276 e. The van der Waals surface area contributed by atoms with Gasteiger partial charge in [-0.2, -0.15) is 0 Å². The third kappa shape index (κ3) is 4.38. The number of rotatable bonds is 1. The first-order valence-corrected chi connectivity index (χ1v) is 7.01. The summed E-state index contributed by atoms with van der Waals surface area (Å²) in [5.41, 5.74) is 4.70. The predicted molar refractivity (Wildman–Crippen MR) is 75.2 cm³/mol. The molecule has 0 bridgehead atoms. The molecule has 0 saturated carbocycles. The summed E-state index contributed by atoms with van der Waals surface area (Å²) in [6, 6.07) is 7.01. The molecule has 0 aromatic heterocycles. The molecular formula is C16H28. The minimum atomic E-state index is 1.17. The summed E-state index contributed by atoms with van der Waals surface area (Å²) in [4.78, 5) is 0. The van der Waals surface area contributed by atoms with Crippen LogP contribution in [0.2, 0.25) is 0 Å². The van der Waals surface area contributed by atoms with Crippen LogP contribution < -0.4 is 0 Å². The van der Waals surface area contributed by atoms with Crippen LogP contribution in [0.5, 0.6) is 0 Å². The minimum absolute atomic E-state index is 1.17. The maximum Gasteiger partial charge on any atom is -0.0276 e. The number of fused-ring (bicyclic) bond motifs is 1. The second-order valence-electron chi connectivity index (χ2n) is 3.66. The molecule has 0 heteroatoms. The highest BCUT2D eigenvalue weighted by molar-refractivity contribution is 5.33. The van der Waals surface area contributed by atoms with E-state index in [1.807, 2.05) is 27.7 Å². The van der Waals surface area contributed by atoms with Crippen molar-refractivity contribution in [3.63, 3.8) is 0 Å². The summed E-state index contributed by atoms with van der Waals surface area (Å²) in [6.45, 7) is 10.2. The van der Waals surface area contributed by atoms with E-state index in [0.29, 0.717) is 0 Å². The van der Waals surface area contributed by atoms with Crippen molar-refractivity contribution in [1.29, 1.82) is 0 Å². The van der Waals surface area contributed by atoms with Crippen molar-refractivity contribution in [1.82, 2.24) is 0 Å². The molecule has 1 aliphatic carbocycles. The Hall–Kier alpha value is -0.780. The monoisotopic (exact) mass is 220 g/mol. The van der Waals surface area contributed by atoms with Crippen molar-refractivity contribution in [2.75, 3.05) is 0 Å². The van der Waals surface area contributed by atoms with Gasteiger partial charge in [-0.05, 0) is 48.8 Å². The average Bonchev–Trinajstić information content (AvgIpc) is 2.42. The quantitative estimate of drug-likeness (QED) is 0.611. The zero-order chi connectivity index (χ0) is 12.4. The Kier molecular flexibility index (Phi) is 8.99. The summed E-state index contributed by atoms with van der Waals surface area (Å²) >= 11 is 0. The molecule has 0 heterocycles. The molecule has 0 radical (unpaired) electrons. The van der Waals surface area contributed by atoms with Crippen molar-refractivity contribution in [3.8, 4) is 0 Å². The van der Waals surface area contributed by atoms with E-state index in [1.165, 1.54) is 37.7 Å². The molecule has 0 nitrogen and oxygen atoms in total. The van der Waals surface area contributed by atoms with Gasteiger partial charge in [0.2, 0.25) is 0 Å². The van der Waals surface area contributed by atoms with Crippen LogP contribution in [0.15, 0.2) is 18.2 Å². The van der Waals surface area contributed by atoms with E-state index in [9.17, 15) is 0 Å². The SMILES string of the molecule is CC.CC.CCc1ccc2c(c1)CCCC2. The molecule has 1 aliphatic rings. The first kappa shape index (κ1) is 15.2. The standard InChI is InChI=1S/C12H16.2C2H6/c1-2-10-7-8-11-5-3-4-6-12(11)9-10;2*1-2/h7-9H,2-6H2,1H3;2*1-2H3.